The molecule has 122 valence electrons. The molecule has 1 fully saturated rings. The second-order valence-corrected chi connectivity index (χ2v) is 6.91. The summed E-state index contributed by atoms with van der Waals surface area (Å²) >= 11 is 7.29. The van der Waals surface area contributed by atoms with Crippen molar-refractivity contribution in [1.82, 2.24) is 4.98 Å². The van der Waals surface area contributed by atoms with Gasteiger partial charge in [0.1, 0.15) is 15.1 Å². The predicted octanol–water partition coefficient (Wildman–Crippen LogP) is 3.67. The lowest BCUT2D eigenvalue weighted by Crippen LogP contribution is -2.12. The lowest BCUT2D eigenvalue weighted by molar-refractivity contribution is 0.0600. The number of carbonyl (C=O) groups is 1. The van der Waals surface area contributed by atoms with Crippen LogP contribution in [0.5, 0.6) is 5.75 Å². The van der Waals surface area contributed by atoms with Gasteiger partial charge in [0.2, 0.25) is 0 Å². The van der Waals surface area contributed by atoms with Crippen molar-refractivity contribution in [3.63, 3.8) is 0 Å². The maximum Gasteiger partial charge on any atom is 0.338 e. The van der Waals surface area contributed by atoms with Gasteiger partial charge in [-0.05, 0) is 24.6 Å². The number of methoxy groups -OCH3 is 1. The van der Waals surface area contributed by atoms with Crippen LogP contribution in [-0.4, -0.2) is 37.9 Å². The molecule has 1 aliphatic rings. The van der Waals surface area contributed by atoms with Gasteiger partial charge in [0.05, 0.1) is 32.1 Å². The molecule has 1 unspecified atom stereocenters. The summed E-state index contributed by atoms with van der Waals surface area (Å²) in [5.74, 6) is 0.583. The van der Waals surface area contributed by atoms with Gasteiger partial charge in [-0.3, -0.25) is 0 Å². The van der Waals surface area contributed by atoms with Crippen molar-refractivity contribution in [2.45, 2.75) is 6.42 Å². The van der Waals surface area contributed by atoms with Gasteiger partial charge in [0, 0.05) is 18.1 Å². The number of carbonyl (C=O) groups excluding carboxylic acids is 1. The van der Waals surface area contributed by atoms with E-state index in [1.54, 1.807) is 18.3 Å². The summed E-state index contributed by atoms with van der Waals surface area (Å²) in [5.41, 5.74) is 1.21. The van der Waals surface area contributed by atoms with Crippen LogP contribution in [0.4, 0.5) is 0 Å². The number of benzene rings is 1. The molecule has 2 aromatic rings. The monoisotopic (exact) mass is 353 g/mol. The predicted molar refractivity (Wildman–Crippen MR) is 88.3 cm³/mol. The molecule has 1 aliphatic heterocycles. The maximum atomic E-state index is 11.9. The second-order valence-electron chi connectivity index (χ2n) is 5.25. The summed E-state index contributed by atoms with van der Waals surface area (Å²) in [6, 6.07) is 5.27. The fourth-order valence-corrected chi connectivity index (χ4v) is 3.26. The molecule has 0 bridgehead atoms. The minimum atomic E-state index is -0.413. The van der Waals surface area contributed by atoms with E-state index in [-0.39, 0.29) is 0 Å². The number of rotatable bonds is 5. The molecule has 7 heteroatoms. The molecule has 0 spiro atoms. The third-order valence-corrected chi connectivity index (χ3v) is 4.73. The van der Waals surface area contributed by atoms with Crippen LogP contribution in [-0.2, 0) is 9.47 Å². The molecule has 1 aromatic heterocycles. The van der Waals surface area contributed by atoms with E-state index in [2.05, 4.69) is 4.98 Å². The number of esters is 1. The Bertz CT molecular complexity index is 697. The Labute approximate surface area is 143 Å². The van der Waals surface area contributed by atoms with Gasteiger partial charge in [-0.1, -0.05) is 11.6 Å². The van der Waals surface area contributed by atoms with Gasteiger partial charge in [0.25, 0.3) is 0 Å². The highest BCUT2D eigenvalue weighted by molar-refractivity contribution is 7.18. The van der Waals surface area contributed by atoms with Gasteiger partial charge >= 0.3 is 5.97 Å². The molecular weight excluding hydrogens is 338 g/mol. The van der Waals surface area contributed by atoms with Crippen LogP contribution in [0.2, 0.25) is 4.34 Å². The minimum absolute atomic E-state index is 0.384. The van der Waals surface area contributed by atoms with Gasteiger partial charge < -0.3 is 14.2 Å². The largest absolute Gasteiger partial charge is 0.493 e. The van der Waals surface area contributed by atoms with E-state index in [1.807, 2.05) is 6.07 Å². The zero-order chi connectivity index (χ0) is 16.2. The van der Waals surface area contributed by atoms with E-state index in [0.29, 0.717) is 34.8 Å². The number of halogens is 1. The zero-order valence-electron chi connectivity index (χ0n) is 12.6. The fourth-order valence-electron chi connectivity index (χ4n) is 2.36. The van der Waals surface area contributed by atoms with Crippen molar-refractivity contribution < 1.29 is 19.0 Å². The quantitative estimate of drug-likeness (QED) is 0.768. The first-order valence-electron chi connectivity index (χ1n) is 7.21. The summed E-state index contributed by atoms with van der Waals surface area (Å²) in [4.78, 5) is 16.1. The average Bonchev–Trinajstić information content (AvgIpc) is 3.23. The molecule has 0 radical (unpaired) electrons. The van der Waals surface area contributed by atoms with Gasteiger partial charge in [0.15, 0.2) is 0 Å². The zero-order valence-corrected chi connectivity index (χ0v) is 14.2. The van der Waals surface area contributed by atoms with E-state index < -0.39 is 5.97 Å². The average molecular weight is 354 g/mol. The van der Waals surface area contributed by atoms with E-state index >= 15 is 0 Å². The highest BCUT2D eigenvalue weighted by Crippen LogP contribution is 2.32. The molecular formula is C16H16ClNO4S. The Kier molecular flexibility index (Phi) is 5.15. The molecule has 1 aromatic carbocycles. The first-order valence-corrected chi connectivity index (χ1v) is 8.41. The normalized spacial score (nSPS) is 17.2. The Morgan fingerprint density at radius 2 is 2.35 bits per heavy atom. The van der Waals surface area contributed by atoms with Gasteiger partial charge in [-0.15, -0.1) is 11.3 Å². The first-order chi connectivity index (χ1) is 11.2. The number of thiazole rings is 1. The summed E-state index contributed by atoms with van der Waals surface area (Å²) in [6.45, 7) is 2.05. The van der Waals surface area contributed by atoms with Crippen LogP contribution in [0.15, 0.2) is 24.4 Å². The Balaban J connectivity index is 1.86. The molecule has 0 N–H and O–H groups in total. The molecule has 2 heterocycles. The van der Waals surface area contributed by atoms with E-state index in [0.717, 1.165) is 23.6 Å². The topological polar surface area (TPSA) is 57.7 Å². The van der Waals surface area contributed by atoms with E-state index in [1.165, 1.54) is 18.4 Å². The number of aromatic nitrogens is 1. The summed E-state index contributed by atoms with van der Waals surface area (Å²) in [6.07, 6.45) is 2.58. The smallest absolute Gasteiger partial charge is 0.338 e. The standard InChI is InChI=1S/C16H16ClNO4S/c1-20-16(19)12-4-11(15-18-7-14(17)23-15)5-13(6-12)22-9-10-2-3-21-8-10/h4-7,10H,2-3,8-9H2,1H3. The maximum absolute atomic E-state index is 11.9. The molecule has 0 saturated carbocycles. The molecule has 1 saturated heterocycles. The molecule has 23 heavy (non-hydrogen) atoms. The van der Waals surface area contributed by atoms with Gasteiger partial charge in [-0.2, -0.15) is 0 Å². The highest BCUT2D eigenvalue weighted by atomic mass is 35.5. The Hall–Kier alpha value is -1.63. The van der Waals surface area contributed by atoms with Crippen LogP contribution < -0.4 is 4.74 Å². The van der Waals surface area contributed by atoms with Crippen LogP contribution in [0.1, 0.15) is 16.8 Å². The lowest BCUT2D eigenvalue weighted by atomic mass is 10.1. The Morgan fingerprint density at radius 1 is 1.48 bits per heavy atom. The summed E-state index contributed by atoms with van der Waals surface area (Å²) < 4.78 is 16.6. The molecule has 3 rings (SSSR count). The van der Waals surface area contributed by atoms with Crippen LogP contribution >= 0.6 is 22.9 Å². The third kappa shape index (κ3) is 4.02. The van der Waals surface area contributed by atoms with Crippen molar-refractivity contribution >= 4 is 28.9 Å². The third-order valence-electron chi connectivity index (χ3n) is 3.56. The Morgan fingerprint density at radius 3 is 3.00 bits per heavy atom. The molecule has 0 amide bonds. The molecule has 5 nitrogen and oxygen atoms in total. The molecule has 1 atom stereocenters. The van der Waals surface area contributed by atoms with Crippen molar-refractivity contribution in [3.8, 4) is 16.3 Å². The van der Waals surface area contributed by atoms with Crippen LogP contribution in [0, 0.1) is 5.92 Å². The van der Waals surface area contributed by atoms with Crippen molar-refractivity contribution in [2.24, 2.45) is 5.92 Å². The van der Waals surface area contributed by atoms with Crippen LogP contribution in [0.3, 0.4) is 0 Å². The van der Waals surface area contributed by atoms with Crippen molar-refractivity contribution in [2.75, 3.05) is 26.9 Å². The summed E-state index contributed by atoms with van der Waals surface area (Å²) in [7, 11) is 1.35. The minimum Gasteiger partial charge on any atom is -0.493 e. The number of nitrogens with zero attached hydrogens (tertiary/aromatic N) is 1. The van der Waals surface area contributed by atoms with Crippen molar-refractivity contribution in [3.05, 3.63) is 34.3 Å². The van der Waals surface area contributed by atoms with E-state index in [4.69, 9.17) is 25.8 Å². The first kappa shape index (κ1) is 16.2. The summed E-state index contributed by atoms with van der Waals surface area (Å²) in [5, 5.41) is 0.731. The second kappa shape index (κ2) is 7.29. The molecule has 0 aliphatic carbocycles. The highest BCUT2D eigenvalue weighted by Gasteiger charge is 2.18. The number of hydrogen-bond donors (Lipinski definition) is 0. The SMILES string of the molecule is COC(=O)c1cc(OCC2CCOC2)cc(-c2ncc(Cl)s2)c1. The van der Waals surface area contributed by atoms with Crippen molar-refractivity contribution in [1.29, 1.82) is 0 Å². The van der Waals surface area contributed by atoms with E-state index in [9.17, 15) is 4.79 Å². The lowest BCUT2D eigenvalue weighted by Gasteiger charge is -2.12. The van der Waals surface area contributed by atoms with Crippen LogP contribution in [0.25, 0.3) is 10.6 Å². The number of hydrogen-bond acceptors (Lipinski definition) is 6. The van der Waals surface area contributed by atoms with Gasteiger partial charge in [-0.25, -0.2) is 9.78 Å². The fraction of sp³-hybridized carbons (Fsp3) is 0.375. The number of ether oxygens (including phenoxy) is 3.